The highest BCUT2D eigenvalue weighted by molar-refractivity contribution is 6.08. The summed E-state index contributed by atoms with van der Waals surface area (Å²) in [5, 5.41) is 2.84. The number of carbonyl (C=O) groups is 2. The molecular formula is C24H18N4O2. The molecule has 2 aromatic carbocycles. The van der Waals surface area contributed by atoms with E-state index in [0.29, 0.717) is 28.3 Å². The third-order valence-electron chi connectivity index (χ3n) is 4.55. The molecule has 4 aromatic rings. The lowest BCUT2D eigenvalue weighted by atomic mass is 10.1. The van der Waals surface area contributed by atoms with Crippen LogP contribution >= 0.6 is 0 Å². The Hall–Kier alpha value is -4.19. The Morgan fingerprint density at radius 3 is 2.37 bits per heavy atom. The van der Waals surface area contributed by atoms with E-state index >= 15 is 0 Å². The average Bonchev–Trinajstić information content (AvgIpc) is 2.80. The topological polar surface area (TPSA) is 84.8 Å². The zero-order chi connectivity index (χ0) is 20.9. The van der Waals surface area contributed by atoms with Crippen LogP contribution in [0.25, 0.3) is 22.6 Å². The summed E-state index contributed by atoms with van der Waals surface area (Å²) in [5.41, 5.74) is 3.50. The molecule has 0 saturated carbocycles. The van der Waals surface area contributed by atoms with Gasteiger partial charge in [0.2, 0.25) is 0 Å². The molecule has 1 N–H and O–H groups in total. The first-order valence-corrected chi connectivity index (χ1v) is 9.37. The molecule has 6 heteroatoms. The second-order valence-electron chi connectivity index (χ2n) is 6.65. The van der Waals surface area contributed by atoms with Crippen LogP contribution in [-0.2, 0) is 0 Å². The number of hydrogen-bond acceptors (Lipinski definition) is 5. The predicted octanol–water partition coefficient (Wildman–Crippen LogP) is 4.66. The van der Waals surface area contributed by atoms with Crippen molar-refractivity contribution < 1.29 is 9.59 Å². The molecule has 0 radical (unpaired) electrons. The van der Waals surface area contributed by atoms with Crippen LogP contribution < -0.4 is 5.32 Å². The molecule has 2 aromatic heterocycles. The number of hydrogen-bond donors (Lipinski definition) is 1. The molecule has 0 aliphatic heterocycles. The van der Waals surface area contributed by atoms with E-state index in [0.717, 1.165) is 11.1 Å². The van der Waals surface area contributed by atoms with Gasteiger partial charge in [-0.1, -0.05) is 42.5 Å². The van der Waals surface area contributed by atoms with E-state index in [2.05, 4.69) is 20.3 Å². The Kier molecular flexibility index (Phi) is 5.39. The number of Topliss-reactive ketones (excluding diaryl/α,β-unsaturated/α-hetero) is 1. The fourth-order valence-corrected chi connectivity index (χ4v) is 3.02. The van der Waals surface area contributed by atoms with Gasteiger partial charge in [0.25, 0.3) is 5.91 Å². The van der Waals surface area contributed by atoms with Gasteiger partial charge >= 0.3 is 0 Å². The molecule has 30 heavy (non-hydrogen) atoms. The van der Waals surface area contributed by atoms with Gasteiger partial charge in [0.15, 0.2) is 11.6 Å². The number of anilines is 1. The second-order valence-corrected chi connectivity index (χ2v) is 6.65. The van der Waals surface area contributed by atoms with Gasteiger partial charge in [-0.15, -0.1) is 0 Å². The standard InChI is InChI=1S/C24H18N4O2/c1-16(29)19-8-5-9-20(14-19)27-24(30)21-15-26-23(18-6-3-2-4-7-18)28-22(21)17-10-12-25-13-11-17/h2-15H,1H3,(H,27,30). The molecule has 0 aliphatic rings. The van der Waals surface area contributed by atoms with E-state index in [1.54, 1.807) is 48.8 Å². The lowest BCUT2D eigenvalue weighted by Gasteiger charge is -2.11. The van der Waals surface area contributed by atoms with E-state index in [4.69, 9.17) is 0 Å². The Labute approximate surface area is 173 Å². The second kappa shape index (κ2) is 8.45. The number of nitrogens with one attached hydrogen (secondary N) is 1. The fourth-order valence-electron chi connectivity index (χ4n) is 3.02. The zero-order valence-corrected chi connectivity index (χ0v) is 16.2. The van der Waals surface area contributed by atoms with E-state index in [-0.39, 0.29) is 11.7 Å². The van der Waals surface area contributed by atoms with Crippen molar-refractivity contribution in [1.29, 1.82) is 0 Å². The molecule has 0 unspecified atom stereocenters. The number of nitrogens with zero attached hydrogens (tertiary/aromatic N) is 3. The van der Waals surface area contributed by atoms with Gasteiger partial charge in [-0.05, 0) is 31.2 Å². The highest BCUT2D eigenvalue weighted by atomic mass is 16.1. The maximum atomic E-state index is 13.0. The monoisotopic (exact) mass is 394 g/mol. The van der Waals surface area contributed by atoms with E-state index in [9.17, 15) is 9.59 Å². The van der Waals surface area contributed by atoms with Crippen LogP contribution in [-0.4, -0.2) is 26.6 Å². The van der Waals surface area contributed by atoms with Gasteiger partial charge in [-0.2, -0.15) is 0 Å². The maximum Gasteiger partial charge on any atom is 0.259 e. The Morgan fingerprint density at radius 1 is 0.867 bits per heavy atom. The number of ketones is 1. The number of amides is 1. The summed E-state index contributed by atoms with van der Waals surface area (Å²) < 4.78 is 0. The molecule has 1 amide bonds. The minimum absolute atomic E-state index is 0.0703. The minimum atomic E-state index is -0.359. The highest BCUT2D eigenvalue weighted by Crippen LogP contribution is 2.25. The van der Waals surface area contributed by atoms with Gasteiger partial charge in [0, 0.05) is 41.0 Å². The van der Waals surface area contributed by atoms with Crippen molar-refractivity contribution in [2.75, 3.05) is 5.32 Å². The summed E-state index contributed by atoms with van der Waals surface area (Å²) >= 11 is 0. The highest BCUT2D eigenvalue weighted by Gasteiger charge is 2.17. The van der Waals surface area contributed by atoms with Crippen molar-refractivity contribution in [3.8, 4) is 22.6 Å². The van der Waals surface area contributed by atoms with Gasteiger partial charge in [0.1, 0.15) is 0 Å². The molecular weight excluding hydrogens is 376 g/mol. The van der Waals surface area contributed by atoms with Crippen molar-refractivity contribution in [3.63, 3.8) is 0 Å². The first-order chi connectivity index (χ1) is 14.6. The SMILES string of the molecule is CC(=O)c1cccc(NC(=O)c2cnc(-c3ccccc3)nc2-c2ccncc2)c1. The van der Waals surface area contributed by atoms with Crippen LogP contribution in [0.3, 0.4) is 0 Å². The Balaban J connectivity index is 1.74. The summed E-state index contributed by atoms with van der Waals surface area (Å²) in [6, 6.07) is 20.0. The number of pyridine rings is 1. The lowest BCUT2D eigenvalue weighted by molar-refractivity contribution is 0.101. The normalized spacial score (nSPS) is 10.4. The Morgan fingerprint density at radius 2 is 1.63 bits per heavy atom. The first-order valence-electron chi connectivity index (χ1n) is 9.37. The molecule has 0 saturated heterocycles. The Bertz CT molecular complexity index is 1210. The van der Waals surface area contributed by atoms with Crippen LogP contribution in [0.2, 0.25) is 0 Å². The first kappa shape index (κ1) is 19.1. The largest absolute Gasteiger partial charge is 0.322 e. The summed E-state index contributed by atoms with van der Waals surface area (Å²) in [7, 11) is 0. The van der Waals surface area contributed by atoms with Crippen LogP contribution in [0.5, 0.6) is 0 Å². The molecule has 0 fully saturated rings. The fraction of sp³-hybridized carbons (Fsp3) is 0.0417. The van der Waals surface area contributed by atoms with Crippen molar-refractivity contribution in [1.82, 2.24) is 15.0 Å². The molecule has 2 heterocycles. The minimum Gasteiger partial charge on any atom is -0.322 e. The lowest BCUT2D eigenvalue weighted by Crippen LogP contribution is -2.15. The van der Waals surface area contributed by atoms with Gasteiger partial charge in [0.05, 0.1) is 11.3 Å². The van der Waals surface area contributed by atoms with Crippen LogP contribution in [0.1, 0.15) is 27.6 Å². The number of rotatable bonds is 5. The van der Waals surface area contributed by atoms with Crippen LogP contribution in [0, 0.1) is 0 Å². The summed E-state index contributed by atoms with van der Waals surface area (Å²) in [5.74, 6) is 0.0961. The molecule has 4 rings (SSSR count). The van der Waals surface area contributed by atoms with Crippen LogP contribution in [0.15, 0.2) is 85.3 Å². The van der Waals surface area contributed by atoms with E-state index in [1.165, 1.54) is 13.1 Å². The van der Waals surface area contributed by atoms with Crippen molar-refractivity contribution in [2.24, 2.45) is 0 Å². The van der Waals surface area contributed by atoms with Gasteiger partial charge in [-0.25, -0.2) is 9.97 Å². The summed E-state index contributed by atoms with van der Waals surface area (Å²) in [4.78, 5) is 37.8. The molecule has 146 valence electrons. The maximum absolute atomic E-state index is 13.0. The van der Waals surface area contributed by atoms with Gasteiger partial charge < -0.3 is 5.32 Å². The molecule has 0 bridgehead atoms. The van der Waals surface area contributed by atoms with Crippen molar-refractivity contribution in [3.05, 3.63) is 96.4 Å². The van der Waals surface area contributed by atoms with Gasteiger partial charge in [-0.3, -0.25) is 14.6 Å². The quantitative estimate of drug-likeness (QED) is 0.498. The smallest absolute Gasteiger partial charge is 0.259 e. The number of aromatic nitrogens is 3. The third-order valence-corrected chi connectivity index (χ3v) is 4.55. The van der Waals surface area contributed by atoms with Crippen molar-refractivity contribution in [2.45, 2.75) is 6.92 Å². The molecule has 0 aliphatic carbocycles. The number of benzene rings is 2. The average molecular weight is 394 g/mol. The molecule has 0 atom stereocenters. The third kappa shape index (κ3) is 4.12. The summed E-state index contributed by atoms with van der Waals surface area (Å²) in [6.45, 7) is 1.48. The summed E-state index contributed by atoms with van der Waals surface area (Å²) in [6.07, 6.45) is 4.82. The van der Waals surface area contributed by atoms with E-state index in [1.807, 2.05) is 30.3 Å². The van der Waals surface area contributed by atoms with Crippen LogP contribution in [0.4, 0.5) is 5.69 Å². The molecule has 0 spiro atoms. The predicted molar refractivity (Wildman–Crippen MR) is 115 cm³/mol. The van der Waals surface area contributed by atoms with Crippen molar-refractivity contribution >= 4 is 17.4 Å². The zero-order valence-electron chi connectivity index (χ0n) is 16.2. The van der Waals surface area contributed by atoms with E-state index < -0.39 is 0 Å². The number of carbonyl (C=O) groups excluding carboxylic acids is 2. The molecule has 6 nitrogen and oxygen atoms in total.